The first-order chi connectivity index (χ1) is 14.5. The molecule has 0 saturated carbocycles. The van der Waals surface area contributed by atoms with Gasteiger partial charge >= 0.3 is 0 Å². The van der Waals surface area contributed by atoms with Crippen molar-refractivity contribution < 1.29 is 9.59 Å². The maximum absolute atomic E-state index is 13.0. The van der Waals surface area contributed by atoms with Crippen LogP contribution in [0.5, 0.6) is 0 Å². The molecule has 160 valence electrons. The summed E-state index contributed by atoms with van der Waals surface area (Å²) in [4.78, 5) is 34.6. The van der Waals surface area contributed by atoms with Crippen molar-refractivity contribution in [3.8, 4) is 0 Å². The van der Waals surface area contributed by atoms with Crippen molar-refractivity contribution in [1.29, 1.82) is 0 Å². The van der Waals surface area contributed by atoms with Crippen LogP contribution in [0.15, 0.2) is 36.5 Å². The van der Waals surface area contributed by atoms with Gasteiger partial charge in [-0.05, 0) is 63.2 Å². The largest absolute Gasteiger partial charge is 0.340 e. The zero-order valence-electron chi connectivity index (χ0n) is 18.1. The SMILES string of the molecule is CCc1cc(Nc2cccc(C(=O)N3CCCN(C)CC3)c2)ncc1N(C=O)CC. The second-order valence-corrected chi connectivity index (χ2v) is 7.60. The minimum atomic E-state index is 0.0658. The molecule has 1 saturated heterocycles. The fourth-order valence-corrected chi connectivity index (χ4v) is 3.71. The van der Waals surface area contributed by atoms with Crippen LogP contribution in [-0.4, -0.2) is 66.9 Å². The van der Waals surface area contributed by atoms with Gasteiger partial charge in [-0.2, -0.15) is 0 Å². The fraction of sp³-hybridized carbons (Fsp3) is 0.435. The van der Waals surface area contributed by atoms with Gasteiger partial charge in [-0.3, -0.25) is 9.59 Å². The van der Waals surface area contributed by atoms with Gasteiger partial charge in [-0.25, -0.2) is 4.98 Å². The van der Waals surface area contributed by atoms with E-state index in [-0.39, 0.29) is 5.91 Å². The molecule has 2 amide bonds. The Bertz CT molecular complexity index is 886. The van der Waals surface area contributed by atoms with Gasteiger partial charge < -0.3 is 20.0 Å². The summed E-state index contributed by atoms with van der Waals surface area (Å²) in [6.07, 6.45) is 4.34. The number of amides is 2. The van der Waals surface area contributed by atoms with Gasteiger partial charge in [0.2, 0.25) is 6.41 Å². The number of nitrogens with one attached hydrogen (secondary N) is 1. The van der Waals surface area contributed by atoms with Gasteiger partial charge in [0.05, 0.1) is 11.9 Å². The Morgan fingerprint density at radius 3 is 2.77 bits per heavy atom. The molecule has 0 spiro atoms. The summed E-state index contributed by atoms with van der Waals surface area (Å²) in [5.74, 6) is 0.759. The molecule has 1 aromatic carbocycles. The van der Waals surface area contributed by atoms with Crippen molar-refractivity contribution in [3.63, 3.8) is 0 Å². The molecule has 2 heterocycles. The molecule has 0 unspecified atom stereocenters. The highest BCUT2D eigenvalue weighted by atomic mass is 16.2. The molecule has 1 fully saturated rings. The molecule has 1 aliphatic rings. The molecule has 2 aromatic rings. The number of benzene rings is 1. The van der Waals surface area contributed by atoms with E-state index in [9.17, 15) is 9.59 Å². The second-order valence-electron chi connectivity index (χ2n) is 7.60. The lowest BCUT2D eigenvalue weighted by Crippen LogP contribution is -2.34. The number of hydrogen-bond donors (Lipinski definition) is 1. The number of aryl methyl sites for hydroxylation is 1. The van der Waals surface area contributed by atoms with Crippen LogP contribution in [0.25, 0.3) is 0 Å². The average molecular weight is 410 g/mol. The van der Waals surface area contributed by atoms with Crippen LogP contribution in [0.2, 0.25) is 0 Å². The molecule has 7 nitrogen and oxygen atoms in total. The first kappa shape index (κ1) is 21.8. The molecule has 0 atom stereocenters. The van der Waals surface area contributed by atoms with E-state index in [1.807, 2.05) is 42.2 Å². The van der Waals surface area contributed by atoms with E-state index in [1.165, 1.54) is 0 Å². The average Bonchev–Trinajstić information content (AvgIpc) is 2.99. The van der Waals surface area contributed by atoms with E-state index in [0.717, 1.165) is 62.4 Å². The van der Waals surface area contributed by atoms with Crippen LogP contribution in [0.3, 0.4) is 0 Å². The summed E-state index contributed by atoms with van der Waals surface area (Å²) in [5, 5.41) is 3.30. The van der Waals surface area contributed by atoms with E-state index in [1.54, 1.807) is 11.1 Å². The van der Waals surface area contributed by atoms with Crippen LogP contribution in [0.4, 0.5) is 17.2 Å². The Morgan fingerprint density at radius 1 is 1.20 bits per heavy atom. The van der Waals surface area contributed by atoms with Crippen molar-refractivity contribution in [2.45, 2.75) is 26.7 Å². The zero-order valence-corrected chi connectivity index (χ0v) is 18.1. The van der Waals surface area contributed by atoms with Crippen LogP contribution in [0, 0.1) is 0 Å². The van der Waals surface area contributed by atoms with E-state index < -0.39 is 0 Å². The lowest BCUT2D eigenvalue weighted by atomic mass is 10.1. The van der Waals surface area contributed by atoms with Crippen molar-refractivity contribution in [3.05, 3.63) is 47.7 Å². The number of rotatable bonds is 7. The lowest BCUT2D eigenvalue weighted by molar-refractivity contribution is -0.107. The van der Waals surface area contributed by atoms with Gasteiger partial charge in [0.25, 0.3) is 5.91 Å². The second kappa shape index (κ2) is 10.2. The molecule has 0 aliphatic carbocycles. The van der Waals surface area contributed by atoms with Crippen molar-refractivity contribution in [2.75, 3.05) is 50.0 Å². The number of carbonyl (C=O) groups is 2. The number of nitrogens with zero attached hydrogens (tertiary/aromatic N) is 4. The summed E-state index contributed by atoms with van der Waals surface area (Å²) >= 11 is 0. The van der Waals surface area contributed by atoms with E-state index in [0.29, 0.717) is 17.9 Å². The monoisotopic (exact) mass is 409 g/mol. The van der Waals surface area contributed by atoms with E-state index >= 15 is 0 Å². The zero-order chi connectivity index (χ0) is 21.5. The first-order valence-electron chi connectivity index (χ1n) is 10.6. The Morgan fingerprint density at radius 2 is 2.03 bits per heavy atom. The van der Waals surface area contributed by atoms with Gasteiger partial charge in [-0.15, -0.1) is 0 Å². The molecule has 1 aliphatic heterocycles. The van der Waals surface area contributed by atoms with Crippen molar-refractivity contribution >= 4 is 29.5 Å². The third-order valence-electron chi connectivity index (χ3n) is 5.51. The molecular formula is C23H31N5O2. The summed E-state index contributed by atoms with van der Waals surface area (Å²) < 4.78 is 0. The van der Waals surface area contributed by atoms with E-state index in [2.05, 4.69) is 29.2 Å². The maximum Gasteiger partial charge on any atom is 0.253 e. The maximum atomic E-state index is 13.0. The Kier molecular flexibility index (Phi) is 7.41. The first-order valence-corrected chi connectivity index (χ1v) is 10.6. The topological polar surface area (TPSA) is 68.8 Å². The molecule has 0 radical (unpaired) electrons. The number of pyridine rings is 1. The van der Waals surface area contributed by atoms with Gasteiger partial charge in [0, 0.05) is 37.4 Å². The molecule has 0 bridgehead atoms. The highest BCUT2D eigenvalue weighted by Gasteiger charge is 2.19. The molecule has 7 heteroatoms. The van der Waals surface area contributed by atoms with Crippen molar-refractivity contribution in [2.24, 2.45) is 0 Å². The summed E-state index contributed by atoms with van der Waals surface area (Å²) in [5.41, 5.74) is 3.37. The van der Waals surface area contributed by atoms with Gasteiger partial charge in [0.1, 0.15) is 5.82 Å². The molecule has 1 aromatic heterocycles. The minimum absolute atomic E-state index is 0.0658. The standard InChI is InChI=1S/C23H31N5O2/c1-4-18-15-22(24-16-21(18)27(5-2)17-29)25-20-9-6-8-19(14-20)23(30)28-11-7-10-26(3)12-13-28/h6,8-9,14-17H,4-5,7,10-13H2,1-3H3,(H,24,25). The Balaban J connectivity index is 1.76. The molecular weight excluding hydrogens is 378 g/mol. The smallest absolute Gasteiger partial charge is 0.253 e. The quantitative estimate of drug-likeness (QED) is 0.712. The Labute approximate surface area is 178 Å². The van der Waals surface area contributed by atoms with Gasteiger partial charge in [0.15, 0.2) is 0 Å². The summed E-state index contributed by atoms with van der Waals surface area (Å²) in [6.45, 7) is 8.04. The third kappa shape index (κ3) is 5.16. The van der Waals surface area contributed by atoms with Crippen LogP contribution < -0.4 is 10.2 Å². The highest BCUT2D eigenvalue weighted by molar-refractivity contribution is 5.95. The Hall–Kier alpha value is -2.93. The van der Waals surface area contributed by atoms with Crippen LogP contribution in [0.1, 0.15) is 36.2 Å². The normalized spacial score (nSPS) is 14.8. The highest BCUT2D eigenvalue weighted by Crippen LogP contribution is 2.24. The molecule has 1 N–H and O–H groups in total. The third-order valence-corrected chi connectivity index (χ3v) is 5.51. The van der Waals surface area contributed by atoms with E-state index in [4.69, 9.17) is 0 Å². The lowest BCUT2D eigenvalue weighted by Gasteiger charge is -2.21. The number of aromatic nitrogens is 1. The fourth-order valence-electron chi connectivity index (χ4n) is 3.71. The van der Waals surface area contributed by atoms with Crippen LogP contribution in [-0.2, 0) is 11.2 Å². The number of carbonyl (C=O) groups excluding carboxylic acids is 2. The van der Waals surface area contributed by atoms with Gasteiger partial charge in [-0.1, -0.05) is 13.0 Å². The van der Waals surface area contributed by atoms with Crippen molar-refractivity contribution in [1.82, 2.24) is 14.8 Å². The predicted octanol–water partition coefficient (Wildman–Crippen LogP) is 3.15. The number of anilines is 3. The molecule has 3 rings (SSSR count). The summed E-state index contributed by atoms with van der Waals surface area (Å²) in [7, 11) is 2.09. The summed E-state index contributed by atoms with van der Waals surface area (Å²) in [6, 6.07) is 9.51. The number of likely N-dealkylation sites (N-methyl/N-ethyl adjacent to an activating group) is 1. The number of hydrogen-bond acceptors (Lipinski definition) is 5. The predicted molar refractivity (Wildman–Crippen MR) is 120 cm³/mol. The minimum Gasteiger partial charge on any atom is -0.340 e. The molecule has 30 heavy (non-hydrogen) atoms. The van der Waals surface area contributed by atoms with Crippen LogP contribution >= 0.6 is 0 Å².